The van der Waals surface area contributed by atoms with Gasteiger partial charge in [0.1, 0.15) is 0 Å². The average Bonchev–Trinajstić information content (AvgIpc) is 2.24. The first kappa shape index (κ1) is 9.84. The molecule has 1 rings (SSSR count). The smallest absolute Gasteiger partial charge is 0.295 e. The highest BCUT2D eigenvalue weighted by Crippen LogP contribution is 2.11. The molecule has 1 aromatic rings. The number of nitrogens with zero attached hydrogens (tertiary/aromatic N) is 2. The lowest BCUT2D eigenvalue weighted by molar-refractivity contribution is 0.556. The van der Waals surface area contributed by atoms with E-state index >= 15 is 0 Å². The summed E-state index contributed by atoms with van der Waals surface area (Å²) >= 11 is 0. The van der Waals surface area contributed by atoms with E-state index in [1.807, 2.05) is 20.8 Å². The third-order valence-corrected chi connectivity index (χ3v) is 2.30. The fourth-order valence-electron chi connectivity index (χ4n) is 1.67. The number of rotatable bonds is 2. The molecular weight excluding hydrogens is 164 g/mol. The van der Waals surface area contributed by atoms with E-state index in [0.29, 0.717) is 0 Å². The summed E-state index contributed by atoms with van der Waals surface area (Å²) in [6.45, 7) is 9.64. The molecule has 0 aliphatic carbocycles. The summed E-state index contributed by atoms with van der Waals surface area (Å²) in [5, 5.41) is 0. The SMILES string of the molecule is C=Cc1c(C)n(C(C)C)c(=O)n1C. The summed E-state index contributed by atoms with van der Waals surface area (Å²) in [5.41, 5.74) is 1.92. The molecule has 0 saturated heterocycles. The van der Waals surface area contributed by atoms with Gasteiger partial charge in [-0.1, -0.05) is 6.58 Å². The maximum absolute atomic E-state index is 11.7. The van der Waals surface area contributed by atoms with Crippen LogP contribution in [0.15, 0.2) is 11.4 Å². The van der Waals surface area contributed by atoms with Crippen molar-refractivity contribution in [1.29, 1.82) is 0 Å². The van der Waals surface area contributed by atoms with Crippen LogP contribution in [-0.2, 0) is 7.05 Å². The molecule has 0 saturated carbocycles. The fourth-order valence-corrected chi connectivity index (χ4v) is 1.67. The summed E-state index contributed by atoms with van der Waals surface area (Å²) in [5.74, 6) is 0. The molecule has 0 atom stereocenters. The van der Waals surface area contributed by atoms with E-state index in [1.165, 1.54) is 0 Å². The molecule has 0 aromatic carbocycles. The van der Waals surface area contributed by atoms with E-state index < -0.39 is 0 Å². The first-order valence-corrected chi connectivity index (χ1v) is 4.41. The standard InChI is InChI=1S/C10H16N2O/c1-6-9-8(4)12(7(2)3)10(13)11(9)5/h6-7H,1H2,2-5H3. The van der Waals surface area contributed by atoms with Crippen LogP contribution >= 0.6 is 0 Å². The van der Waals surface area contributed by atoms with Crippen LogP contribution in [0.25, 0.3) is 6.08 Å². The van der Waals surface area contributed by atoms with Crippen LogP contribution in [0.2, 0.25) is 0 Å². The second-order valence-corrected chi connectivity index (χ2v) is 3.48. The molecule has 0 fully saturated rings. The van der Waals surface area contributed by atoms with Gasteiger partial charge in [-0.05, 0) is 26.8 Å². The van der Waals surface area contributed by atoms with Crippen molar-refractivity contribution < 1.29 is 0 Å². The van der Waals surface area contributed by atoms with Gasteiger partial charge in [0.05, 0.1) is 5.69 Å². The highest BCUT2D eigenvalue weighted by Gasteiger charge is 2.13. The monoisotopic (exact) mass is 180 g/mol. The molecule has 72 valence electrons. The van der Waals surface area contributed by atoms with Gasteiger partial charge in [-0.25, -0.2) is 4.79 Å². The second kappa shape index (κ2) is 3.24. The molecule has 13 heavy (non-hydrogen) atoms. The van der Waals surface area contributed by atoms with Crippen molar-refractivity contribution in [3.8, 4) is 0 Å². The van der Waals surface area contributed by atoms with Gasteiger partial charge in [-0.2, -0.15) is 0 Å². The third kappa shape index (κ3) is 1.34. The van der Waals surface area contributed by atoms with Gasteiger partial charge in [0.25, 0.3) is 0 Å². The van der Waals surface area contributed by atoms with Crippen molar-refractivity contribution >= 4 is 6.08 Å². The Labute approximate surface area is 78.3 Å². The Hall–Kier alpha value is -1.25. The van der Waals surface area contributed by atoms with Gasteiger partial charge in [0, 0.05) is 18.8 Å². The largest absolute Gasteiger partial charge is 0.328 e. The molecule has 0 spiro atoms. The highest BCUT2D eigenvalue weighted by atomic mass is 16.1. The van der Waals surface area contributed by atoms with Crippen LogP contribution in [0, 0.1) is 6.92 Å². The van der Waals surface area contributed by atoms with Crippen LogP contribution < -0.4 is 5.69 Å². The molecule has 3 heteroatoms. The van der Waals surface area contributed by atoms with Gasteiger partial charge in [0.15, 0.2) is 0 Å². The minimum Gasteiger partial charge on any atom is -0.295 e. The number of aromatic nitrogens is 2. The second-order valence-electron chi connectivity index (χ2n) is 3.48. The van der Waals surface area contributed by atoms with E-state index in [0.717, 1.165) is 11.4 Å². The predicted molar refractivity (Wildman–Crippen MR) is 54.9 cm³/mol. The zero-order valence-corrected chi connectivity index (χ0v) is 8.66. The Morgan fingerprint density at radius 3 is 2.23 bits per heavy atom. The maximum atomic E-state index is 11.7. The average molecular weight is 180 g/mol. The zero-order chi connectivity index (χ0) is 10.2. The van der Waals surface area contributed by atoms with Crippen molar-refractivity contribution in [2.24, 2.45) is 7.05 Å². The van der Waals surface area contributed by atoms with E-state index in [9.17, 15) is 4.79 Å². The van der Waals surface area contributed by atoms with Crippen LogP contribution in [0.4, 0.5) is 0 Å². The molecule has 0 radical (unpaired) electrons. The van der Waals surface area contributed by atoms with E-state index in [1.54, 1.807) is 22.3 Å². The van der Waals surface area contributed by atoms with Gasteiger partial charge < -0.3 is 0 Å². The van der Waals surface area contributed by atoms with Gasteiger partial charge in [0.2, 0.25) is 0 Å². The first-order valence-electron chi connectivity index (χ1n) is 4.41. The van der Waals surface area contributed by atoms with Gasteiger partial charge in [-0.15, -0.1) is 0 Å². The van der Waals surface area contributed by atoms with Crippen LogP contribution in [-0.4, -0.2) is 9.13 Å². The molecule has 0 bridgehead atoms. The molecule has 0 amide bonds. The lowest BCUT2D eigenvalue weighted by atomic mass is 10.3. The summed E-state index contributed by atoms with van der Waals surface area (Å²) in [4.78, 5) is 11.7. The summed E-state index contributed by atoms with van der Waals surface area (Å²) in [6.07, 6.45) is 1.72. The predicted octanol–water partition coefficient (Wildman–Crippen LogP) is 1.72. The number of hydrogen-bond acceptors (Lipinski definition) is 1. The van der Waals surface area contributed by atoms with E-state index in [2.05, 4.69) is 6.58 Å². The fraction of sp³-hybridized carbons (Fsp3) is 0.500. The quantitative estimate of drug-likeness (QED) is 0.680. The molecule has 0 N–H and O–H groups in total. The van der Waals surface area contributed by atoms with Gasteiger partial charge in [-0.3, -0.25) is 9.13 Å². The Morgan fingerprint density at radius 2 is 2.00 bits per heavy atom. The molecule has 0 aliphatic heterocycles. The molecular formula is C10H16N2O. The Kier molecular flexibility index (Phi) is 2.45. The van der Waals surface area contributed by atoms with Crippen LogP contribution in [0.3, 0.4) is 0 Å². The maximum Gasteiger partial charge on any atom is 0.328 e. The topological polar surface area (TPSA) is 26.9 Å². The van der Waals surface area contributed by atoms with Crippen LogP contribution in [0.5, 0.6) is 0 Å². The molecule has 0 aliphatic rings. The molecule has 1 heterocycles. The molecule has 0 unspecified atom stereocenters. The van der Waals surface area contributed by atoms with Crippen molar-refractivity contribution in [3.63, 3.8) is 0 Å². The number of imidazole rings is 1. The summed E-state index contributed by atoms with van der Waals surface area (Å²) in [7, 11) is 1.77. The van der Waals surface area contributed by atoms with Crippen molar-refractivity contribution in [2.45, 2.75) is 26.8 Å². The lowest BCUT2D eigenvalue weighted by Crippen LogP contribution is -2.24. The third-order valence-electron chi connectivity index (χ3n) is 2.30. The van der Waals surface area contributed by atoms with E-state index in [4.69, 9.17) is 0 Å². The summed E-state index contributed by atoms with van der Waals surface area (Å²) in [6, 6.07) is 0.201. The first-order chi connectivity index (χ1) is 6.00. The normalized spacial score (nSPS) is 10.8. The van der Waals surface area contributed by atoms with Crippen molar-refractivity contribution in [3.05, 3.63) is 28.5 Å². The molecule has 1 aromatic heterocycles. The van der Waals surface area contributed by atoms with Crippen molar-refractivity contribution in [1.82, 2.24) is 9.13 Å². The number of hydrogen-bond donors (Lipinski definition) is 0. The Morgan fingerprint density at radius 1 is 1.46 bits per heavy atom. The van der Waals surface area contributed by atoms with E-state index in [-0.39, 0.29) is 11.7 Å². The highest BCUT2D eigenvalue weighted by molar-refractivity contribution is 5.45. The Bertz CT molecular complexity index is 382. The van der Waals surface area contributed by atoms with Crippen LogP contribution in [0.1, 0.15) is 31.3 Å². The lowest BCUT2D eigenvalue weighted by Gasteiger charge is -2.07. The minimum absolute atomic E-state index is 0.0300. The Balaban J connectivity index is 3.55. The zero-order valence-electron chi connectivity index (χ0n) is 8.66. The van der Waals surface area contributed by atoms with Crippen molar-refractivity contribution in [2.75, 3.05) is 0 Å². The summed E-state index contributed by atoms with van der Waals surface area (Å²) < 4.78 is 3.40. The van der Waals surface area contributed by atoms with Gasteiger partial charge >= 0.3 is 5.69 Å². The minimum atomic E-state index is 0.0300. The molecule has 3 nitrogen and oxygen atoms in total.